The summed E-state index contributed by atoms with van der Waals surface area (Å²) < 4.78 is 39.8. The second-order valence-electron chi connectivity index (χ2n) is 4.73. The molecule has 0 aromatic carbocycles. The molecule has 10 heteroatoms. The summed E-state index contributed by atoms with van der Waals surface area (Å²) in [5, 5.41) is -2.18. The number of rotatable bonds is 12. The highest BCUT2D eigenvalue weighted by Crippen LogP contribution is 2.74. The molecule has 0 aliphatic carbocycles. The van der Waals surface area contributed by atoms with Crippen LogP contribution in [-0.2, 0) is 22.6 Å². The molecule has 0 aromatic heterocycles. The van der Waals surface area contributed by atoms with Crippen LogP contribution in [0.3, 0.4) is 0 Å². The lowest BCUT2D eigenvalue weighted by Gasteiger charge is -2.37. The molecular weight excluding hydrogens is 315 g/mol. The lowest BCUT2D eigenvalue weighted by molar-refractivity contribution is 0.183. The van der Waals surface area contributed by atoms with Crippen LogP contribution in [0.1, 0.15) is 52.9 Å². The van der Waals surface area contributed by atoms with Gasteiger partial charge in [0.05, 0.1) is 13.2 Å². The molecular formula is C11H26BNO6P2. The van der Waals surface area contributed by atoms with Crippen LogP contribution in [0.5, 0.6) is 0 Å². The van der Waals surface area contributed by atoms with Crippen molar-refractivity contribution in [3.05, 3.63) is 0 Å². The van der Waals surface area contributed by atoms with Crippen molar-refractivity contribution in [2.45, 2.75) is 57.9 Å². The number of hydrogen-bond donors (Lipinski definition) is 2. The van der Waals surface area contributed by atoms with E-state index in [4.69, 9.17) is 22.8 Å². The molecule has 0 bridgehead atoms. The van der Waals surface area contributed by atoms with E-state index in [1.807, 2.05) is 13.8 Å². The molecule has 3 N–H and O–H groups in total. The molecule has 2 atom stereocenters. The predicted molar refractivity (Wildman–Crippen MR) is 83.2 cm³/mol. The SMILES string of the molecule is [B]OP(=O)(O)C(N)(CC)P(=O)(OCCCC)OCCCC. The summed E-state index contributed by atoms with van der Waals surface area (Å²) in [6.45, 7) is 5.59. The van der Waals surface area contributed by atoms with Crippen LogP contribution < -0.4 is 5.73 Å². The van der Waals surface area contributed by atoms with Crippen molar-refractivity contribution < 1.29 is 27.5 Å². The van der Waals surface area contributed by atoms with Gasteiger partial charge in [0.25, 0.3) is 8.05 Å². The molecule has 0 spiro atoms. The van der Waals surface area contributed by atoms with E-state index in [0.717, 1.165) is 12.8 Å². The Balaban J connectivity index is 5.40. The Morgan fingerprint density at radius 2 is 1.52 bits per heavy atom. The summed E-state index contributed by atoms with van der Waals surface area (Å²) in [6.07, 6.45) is 2.72. The second kappa shape index (κ2) is 9.46. The fourth-order valence-corrected chi connectivity index (χ4v) is 5.51. The first-order valence-electron chi connectivity index (χ1n) is 7.14. The highest BCUT2D eigenvalue weighted by molar-refractivity contribution is 7.74. The molecule has 0 aliphatic rings. The number of hydrogen-bond acceptors (Lipinski definition) is 6. The molecule has 0 heterocycles. The monoisotopic (exact) mass is 341 g/mol. The maximum Gasteiger partial charge on any atom is 0.362 e. The van der Waals surface area contributed by atoms with Gasteiger partial charge in [-0.3, -0.25) is 9.13 Å². The molecule has 0 fully saturated rings. The van der Waals surface area contributed by atoms with Gasteiger partial charge < -0.3 is 24.1 Å². The maximum absolute atomic E-state index is 13.0. The highest BCUT2D eigenvalue weighted by Gasteiger charge is 2.59. The van der Waals surface area contributed by atoms with Crippen molar-refractivity contribution in [3.8, 4) is 0 Å². The van der Waals surface area contributed by atoms with E-state index in [-0.39, 0.29) is 19.6 Å². The zero-order valence-corrected chi connectivity index (χ0v) is 14.8. The molecule has 0 aliphatic heterocycles. The number of unbranched alkanes of at least 4 members (excludes halogenated alkanes) is 2. The summed E-state index contributed by atoms with van der Waals surface area (Å²) in [5.74, 6) is 0. The minimum atomic E-state index is -4.57. The van der Waals surface area contributed by atoms with Crippen LogP contribution >= 0.6 is 15.2 Å². The van der Waals surface area contributed by atoms with E-state index < -0.39 is 20.2 Å². The van der Waals surface area contributed by atoms with Crippen LogP contribution in [0.15, 0.2) is 0 Å². The van der Waals surface area contributed by atoms with Crippen LogP contribution in [-0.4, -0.2) is 31.2 Å². The first-order chi connectivity index (χ1) is 9.74. The molecule has 124 valence electrons. The van der Waals surface area contributed by atoms with Crippen molar-refractivity contribution in [1.82, 2.24) is 0 Å². The van der Waals surface area contributed by atoms with Gasteiger partial charge in [-0.15, -0.1) is 0 Å². The second-order valence-corrected chi connectivity index (χ2v) is 9.44. The van der Waals surface area contributed by atoms with E-state index in [1.165, 1.54) is 6.92 Å². The number of nitrogens with two attached hydrogens (primary N) is 1. The zero-order valence-electron chi connectivity index (χ0n) is 13.0. The van der Waals surface area contributed by atoms with E-state index in [2.05, 4.69) is 4.44 Å². The fraction of sp³-hybridized carbons (Fsp3) is 1.00. The maximum atomic E-state index is 13.0. The first kappa shape index (κ1) is 21.3. The summed E-state index contributed by atoms with van der Waals surface area (Å²) in [4.78, 5) is 9.84. The van der Waals surface area contributed by atoms with Crippen LogP contribution in [0.4, 0.5) is 0 Å². The van der Waals surface area contributed by atoms with Gasteiger partial charge in [-0.05, 0) is 19.3 Å². The molecule has 2 radical (unpaired) electrons. The molecule has 7 nitrogen and oxygen atoms in total. The lowest BCUT2D eigenvalue weighted by Crippen LogP contribution is -2.40. The average Bonchev–Trinajstić information content (AvgIpc) is 2.46. The van der Waals surface area contributed by atoms with Gasteiger partial charge in [-0.2, -0.15) is 0 Å². The van der Waals surface area contributed by atoms with Crippen molar-refractivity contribution in [2.75, 3.05) is 13.2 Å². The summed E-state index contributed by atoms with van der Waals surface area (Å²) in [7, 11) is -3.80. The van der Waals surface area contributed by atoms with Gasteiger partial charge in [0.1, 0.15) is 0 Å². The van der Waals surface area contributed by atoms with E-state index in [0.29, 0.717) is 12.8 Å². The Hall–Kier alpha value is 0.325. The minimum absolute atomic E-state index is 0.115. The minimum Gasteiger partial charge on any atom is -0.381 e. The third-order valence-electron chi connectivity index (χ3n) is 3.15. The Morgan fingerprint density at radius 1 is 1.10 bits per heavy atom. The summed E-state index contributed by atoms with van der Waals surface area (Å²) in [6, 6.07) is 0. The van der Waals surface area contributed by atoms with Gasteiger partial charge >= 0.3 is 15.2 Å². The topological polar surface area (TPSA) is 108 Å². The first-order valence-corrected chi connectivity index (χ1v) is 10.3. The zero-order chi connectivity index (χ0) is 16.6. The summed E-state index contributed by atoms with van der Waals surface area (Å²) >= 11 is 0. The van der Waals surface area contributed by atoms with Crippen LogP contribution in [0, 0.1) is 0 Å². The Bertz CT molecular complexity index is 383. The molecule has 0 amide bonds. The van der Waals surface area contributed by atoms with Crippen LogP contribution in [0.2, 0.25) is 0 Å². The van der Waals surface area contributed by atoms with E-state index >= 15 is 0 Å². The largest absolute Gasteiger partial charge is 0.381 e. The third-order valence-corrected chi connectivity index (χ3v) is 8.53. The molecule has 2 unspecified atom stereocenters. The molecule has 0 rings (SSSR count). The quantitative estimate of drug-likeness (QED) is 0.319. The average molecular weight is 341 g/mol. The van der Waals surface area contributed by atoms with E-state index in [1.54, 1.807) is 0 Å². The van der Waals surface area contributed by atoms with Gasteiger partial charge in [0, 0.05) is 0 Å². The highest BCUT2D eigenvalue weighted by atomic mass is 31.2. The third kappa shape index (κ3) is 5.17. The Labute approximate surface area is 128 Å². The Kier molecular flexibility index (Phi) is 9.61. The molecule has 0 saturated heterocycles. The van der Waals surface area contributed by atoms with Crippen molar-refractivity contribution in [3.63, 3.8) is 0 Å². The van der Waals surface area contributed by atoms with Gasteiger partial charge in [-0.1, -0.05) is 33.6 Å². The van der Waals surface area contributed by atoms with Crippen LogP contribution in [0.25, 0.3) is 0 Å². The van der Waals surface area contributed by atoms with Crippen molar-refractivity contribution in [2.24, 2.45) is 5.73 Å². The normalized spacial score (nSPS) is 18.1. The Morgan fingerprint density at radius 3 is 1.81 bits per heavy atom. The standard InChI is InChI=1S/C11H26BNO6P2/c1-4-7-9-17-21(16,18-10-8-5-2)11(13,6-3)20(14,15)19-12/h4-10,13H2,1-3H3,(H,14,15). The molecule has 0 aromatic rings. The van der Waals surface area contributed by atoms with Gasteiger partial charge in [-0.25, -0.2) is 0 Å². The lowest BCUT2D eigenvalue weighted by atomic mass is 10.4. The van der Waals surface area contributed by atoms with Gasteiger partial charge in [0.2, 0.25) is 5.02 Å². The van der Waals surface area contributed by atoms with Crippen molar-refractivity contribution >= 4 is 23.2 Å². The van der Waals surface area contributed by atoms with E-state index in [9.17, 15) is 14.0 Å². The summed E-state index contributed by atoms with van der Waals surface area (Å²) in [5.41, 5.74) is 5.90. The predicted octanol–water partition coefficient (Wildman–Crippen LogP) is 3.12. The van der Waals surface area contributed by atoms with Crippen molar-refractivity contribution in [1.29, 1.82) is 0 Å². The molecule has 0 saturated carbocycles. The smallest absolute Gasteiger partial charge is 0.362 e. The van der Waals surface area contributed by atoms with Gasteiger partial charge in [0.15, 0.2) is 0 Å². The molecule has 21 heavy (non-hydrogen) atoms. The fourth-order valence-electron chi connectivity index (χ4n) is 1.56.